The molecule has 3 aromatic heterocycles. The molecule has 0 N–H and O–H groups in total. The molecule has 0 aliphatic rings. The van der Waals surface area contributed by atoms with Crippen molar-refractivity contribution in [2.75, 3.05) is 0 Å². The van der Waals surface area contributed by atoms with E-state index in [9.17, 15) is 0 Å². The Morgan fingerprint density at radius 3 is 2.07 bits per heavy atom. The highest BCUT2D eigenvalue weighted by Crippen LogP contribution is 2.33. The minimum atomic E-state index is 0.858. The first-order chi connectivity index (χ1) is 13.9. The van der Waals surface area contributed by atoms with Gasteiger partial charge in [-0.25, -0.2) is 0 Å². The van der Waals surface area contributed by atoms with E-state index in [0.717, 1.165) is 28.0 Å². The van der Waals surface area contributed by atoms with Crippen LogP contribution in [0.5, 0.6) is 0 Å². The predicted octanol–water partition coefficient (Wildman–Crippen LogP) is 5.85. The Labute approximate surface area is 165 Å². The van der Waals surface area contributed by atoms with Gasteiger partial charge in [-0.3, -0.25) is 4.98 Å². The normalized spacial score (nSPS) is 11.6. The van der Waals surface area contributed by atoms with Crippen molar-refractivity contribution in [1.29, 1.82) is 0 Å². The van der Waals surface area contributed by atoms with Crippen molar-refractivity contribution < 1.29 is 0 Å². The van der Waals surface area contributed by atoms with Crippen LogP contribution in [-0.4, -0.2) is 18.3 Å². The molecule has 5 heteroatoms. The topological polar surface area (TPSA) is 43.6 Å². The van der Waals surface area contributed by atoms with Gasteiger partial charge in [0.2, 0.25) is 0 Å². The van der Waals surface area contributed by atoms with Crippen molar-refractivity contribution in [3.63, 3.8) is 0 Å². The zero-order valence-corrected chi connectivity index (χ0v) is 15.6. The first kappa shape index (κ1) is 15.5. The standard InChI is InChI=1S/C23H14N4S/c1-3-7-20-17(5-1)18-6-2-4-8-21(18)27(20)16-11-9-15(10-12-16)22-23-19(13-14-24-22)25-28-26-23/h1-14H. The number of hydrogen-bond donors (Lipinski definition) is 0. The van der Waals surface area contributed by atoms with Crippen molar-refractivity contribution in [1.82, 2.24) is 18.3 Å². The van der Waals surface area contributed by atoms with Crippen molar-refractivity contribution in [2.24, 2.45) is 0 Å². The lowest BCUT2D eigenvalue weighted by atomic mass is 10.1. The molecule has 3 aromatic carbocycles. The molecule has 0 aliphatic heterocycles. The number of pyridine rings is 1. The predicted molar refractivity (Wildman–Crippen MR) is 115 cm³/mol. The Balaban J connectivity index is 1.56. The van der Waals surface area contributed by atoms with Gasteiger partial charge in [-0.1, -0.05) is 48.5 Å². The summed E-state index contributed by atoms with van der Waals surface area (Å²) in [5.74, 6) is 0. The SMILES string of the molecule is c1ccc2c(c1)c1ccccc1n2-c1ccc(-c2nccc3nsnc23)cc1. The Morgan fingerprint density at radius 1 is 0.679 bits per heavy atom. The molecule has 0 spiro atoms. The third-order valence-corrected chi connectivity index (χ3v) is 5.70. The van der Waals surface area contributed by atoms with Crippen LogP contribution in [0.3, 0.4) is 0 Å². The lowest BCUT2D eigenvalue weighted by Gasteiger charge is -2.09. The molecular formula is C23H14N4S. The monoisotopic (exact) mass is 378 g/mol. The summed E-state index contributed by atoms with van der Waals surface area (Å²) >= 11 is 1.22. The van der Waals surface area contributed by atoms with Crippen LogP contribution in [0.25, 0.3) is 49.8 Å². The molecule has 28 heavy (non-hydrogen) atoms. The molecule has 6 aromatic rings. The quantitative estimate of drug-likeness (QED) is 0.379. The molecule has 4 nitrogen and oxygen atoms in total. The minimum Gasteiger partial charge on any atom is -0.309 e. The molecule has 0 atom stereocenters. The summed E-state index contributed by atoms with van der Waals surface area (Å²) in [7, 11) is 0. The summed E-state index contributed by atoms with van der Waals surface area (Å²) in [4.78, 5) is 4.54. The van der Waals surface area contributed by atoms with Crippen molar-refractivity contribution >= 4 is 44.6 Å². The Hall–Kier alpha value is -3.57. The van der Waals surface area contributed by atoms with Gasteiger partial charge in [0, 0.05) is 28.2 Å². The van der Waals surface area contributed by atoms with Crippen molar-refractivity contribution in [3.8, 4) is 16.9 Å². The second-order valence-electron chi connectivity index (χ2n) is 6.71. The van der Waals surface area contributed by atoms with Gasteiger partial charge in [0.15, 0.2) is 0 Å². The van der Waals surface area contributed by atoms with E-state index in [1.807, 2.05) is 6.07 Å². The van der Waals surface area contributed by atoms with Gasteiger partial charge in [-0.05, 0) is 30.3 Å². The number of aromatic nitrogens is 4. The average Bonchev–Trinajstić information content (AvgIpc) is 3.36. The fraction of sp³-hybridized carbons (Fsp3) is 0. The van der Waals surface area contributed by atoms with Crippen LogP contribution in [0, 0.1) is 0 Å². The van der Waals surface area contributed by atoms with Crippen LogP contribution in [0.4, 0.5) is 0 Å². The lowest BCUT2D eigenvalue weighted by molar-refractivity contribution is 1.18. The highest BCUT2D eigenvalue weighted by atomic mass is 32.1. The summed E-state index contributed by atoms with van der Waals surface area (Å²) in [6.45, 7) is 0. The molecule has 0 radical (unpaired) electrons. The molecule has 0 amide bonds. The lowest BCUT2D eigenvalue weighted by Crippen LogP contribution is -1.94. The van der Waals surface area contributed by atoms with Gasteiger partial charge < -0.3 is 4.57 Å². The van der Waals surface area contributed by atoms with E-state index in [0.29, 0.717) is 0 Å². The number of hydrogen-bond acceptors (Lipinski definition) is 4. The maximum Gasteiger partial charge on any atom is 0.131 e. The van der Waals surface area contributed by atoms with Crippen LogP contribution in [0.2, 0.25) is 0 Å². The molecule has 0 saturated carbocycles. The van der Waals surface area contributed by atoms with Gasteiger partial charge in [-0.2, -0.15) is 8.75 Å². The summed E-state index contributed by atoms with van der Waals surface area (Å²) in [5.41, 5.74) is 7.21. The van der Waals surface area contributed by atoms with Crippen LogP contribution >= 0.6 is 11.7 Å². The van der Waals surface area contributed by atoms with Gasteiger partial charge in [0.1, 0.15) is 11.0 Å². The highest BCUT2D eigenvalue weighted by Gasteiger charge is 2.12. The van der Waals surface area contributed by atoms with E-state index in [1.54, 1.807) is 6.20 Å². The number of nitrogens with zero attached hydrogens (tertiary/aromatic N) is 4. The molecule has 0 aliphatic carbocycles. The number of para-hydroxylation sites is 2. The number of fused-ring (bicyclic) bond motifs is 4. The first-order valence-electron chi connectivity index (χ1n) is 9.06. The van der Waals surface area contributed by atoms with Crippen molar-refractivity contribution in [3.05, 3.63) is 85.1 Å². The summed E-state index contributed by atoms with van der Waals surface area (Å²) < 4.78 is 11.0. The van der Waals surface area contributed by atoms with Gasteiger partial charge in [-0.15, -0.1) is 0 Å². The molecule has 0 saturated heterocycles. The smallest absolute Gasteiger partial charge is 0.131 e. The molecule has 0 unspecified atom stereocenters. The second kappa shape index (κ2) is 5.97. The van der Waals surface area contributed by atoms with Crippen LogP contribution < -0.4 is 0 Å². The maximum atomic E-state index is 4.54. The van der Waals surface area contributed by atoms with Gasteiger partial charge in [0.05, 0.1) is 28.5 Å². The van der Waals surface area contributed by atoms with Crippen molar-refractivity contribution in [2.45, 2.75) is 0 Å². The molecule has 6 rings (SSSR count). The molecule has 0 fully saturated rings. The third kappa shape index (κ3) is 2.20. The maximum absolute atomic E-state index is 4.54. The largest absolute Gasteiger partial charge is 0.309 e. The van der Waals surface area contributed by atoms with E-state index in [-0.39, 0.29) is 0 Å². The highest BCUT2D eigenvalue weighted by molar-refractivity contribution is 7.00. The third-order valence-electron chi connectivity index (χ3n) is 5.15. The zero-order valence-electron chi connectivity index (χ0n) is 14.8. The summed E-state index contributed by atoms with van der Waals surface area (Å²) in [6, 6.07) is 27.5. The Kier molecular flexibility index (Phi) is 3.30. The van der Waals surface area contributed by atoms with E-state index < -0.39 is 0 Å². The Morgan fingerprint density at radius 2 is 1.36 bits per heavy atom. The van der Waals surface area contributed by atoms with Gasteiger partial charge in [0.25, 0.3) is 0 Å². The van der Waals surface area contributed by atoms with E-state index in [1.165, 1.54) is 33.5 Å². The van der Waals surface area contributed by atoms with E-state index in [4.69, 9.17) is 0 Å². The number of benzene rings is 3. The van der Waals surface area contributed by atoms with Gasteiger partial charge >= 0.3 is 0 Å². The van der Waals surface area contributed by atoms with E-state index >= 15 is 0 Å². The Bertz CT molecular complexity index is 1410. The second-order valence-corrected chi connectivity index (χ2v) is 7.24. The average molecular weight is 378 g/mol. The molecule has 132 valence electrons. The van der Waals surface area contributed by atoms with Crippen LogP contribution in [0.15, 0.2) is 85.1 Å². The first-order valence-corrected chi connectivity index (χ1v) is 9.79. The fourth-order valence-corrected chi connectivity index (χ4v) is 4.43. The molecular weight excluding hydrogens is 364 g/mol. The van der Waals surface area contributed by atoms with E-state index in [2.05, 4.69) is 91.1 Å². The number of rotatable bonds is 2. The summed E-state index contributed by atoms with van der Waals surface area (Å²) in [6.07, 6.45) is 1.79. The van der Waals surface area contributed by atoms with Crippen LogP contribution in [-0.2, 0) is 0 Å². The molecule has 3 heterocycles. The fourth-order valence-electron chi connectivity index (χ4n) is 3.89. The molecule has 0 bridgehead atoms. The van der Waals surface area contributed by atoms with Crippen LogP contribution in [0.1, 0.15) is 0 Å². The minimum absolute atomic E-state index is 0.858. The zero-order chi connectivity index (χ0) is 18.5. The summed E-state index contributed by atoms with van der Waals surface area (Å²) in [5, 5.41) is 2.53.